The molecule has 0 saturated heterocycles. The van der Waals surface area contributed by atoms with E-state index in [1.165, 1.54) is 11.3 Å². The van der Waals surface area contributed by atoms with Crippen LogP contribution in [-0.2, 0) is 9.53 Å². The molecule has 1 N–H and O–H groups in total. The summed E-state index contributed by atoms with van der Waals surface area (Å²) in [4.78, 5) is 31.6. The number of hydrogen-bond acceptors (Lipinski definition) is 7. The number of carbonyl (C=O) groups excluding carboxylic acids is 1. The number of phenolic OH excluding ortho intramolecular Hbond substituents is 1. The number of carbonyl (C=O) groups is 1. The molecule has 9 heteroatoms. The van der Waals surface area contributed by atoms with Gasteiger partial charge in [-0.15, -0.1) is 0 Å². The number of hydrogen-bond donors (Lipinski definition) is 1. The van der Waals surface area contributed by atoms with E-state index in [0.717, 1.165) is 11.1 Å². The van der Waals surface area contributed by atoms with Crippen molar-refractivity contribution in [2.75, 3.05) is 13.2 Å². The third-order valence-corrected chi connectivity index (χ3v) is 6.91. The average molecular weight is 543 g/mol. The minimum absolute atomic E-state index is 0.115. The summed E-state index contributed by atoms with van der Waals surface area (Å²) in [6.45, 7) is 6.15. The lowest BCUT2D eigenvalue weighted by atomic mass is 9.96. The highest BCUT2D eigenvalue weighted by atomic mass is 79.9. The second-order valence-electron chi connectivity index (χ2n) is 7.52. The van der Waals surface area contributed by atoms with Crippen molar-refractivity contribution in [1.29, 1.82) is 0 Å². The predicted octanol–water partition coefficient (Wildman–Crippen LogP) is 3.67. The summed E-state index contributed by atoms with van der Waals surface area (Å²) in [6, 6.07) is 11.7. The molecule has 0 fully saturated rings. The number of esters is 1. The summed E-state index contributed by atoms with van der Waals surface area (Å²) in [5, 5.41) is 9.77. The van der Waals surface area contributed by atoms with Crippen LogP contribution in [0.3, 0.4) is 0 Å². The Morgan fingerprint density at radius 3 is 2.59 bits per heavy atom. The summed E-state index contributed by atoms with van der Waals surface area (Å²) >= 11 is 4.55. The molecule has 0 saturated carbocycles. The SMILES string of the molecule is CCOC(=O)C1=C(C)N=c2s/c(=C/c3ccc(O)c(Br)c3)c(=O)n2C1c1ccc(OCC)cc1. The van der Waals surface area contributed by atoms with Crippen molar-refractivity contribution >= 4 is 39.3 Å². The summed E-state index contributed by atoms with van der Waals surface area (Å²) < 4.78 is 13.4. The summed E-state index contributed by atoms with van der Waals surface area (Å²) in [6.07, 6.45) is 1.74. The Balaban J connectivity index is 1.91. The van der Waals surface area contributed by atoms with Crippen LogP contribution in [0.15, 0.2) is 68.0 Å². The van der Waals surface area contributed by atoms with Gasteiger partial charge in [0.2, 0.25) is 0 Å². The van der Waals surface area contributed by atoms with E-state index in [0.29, 0.717) is 37.4 Å². The highest BCUT2D eigenvalue weighted by molar-refractivity contribution is 9.10. The zero-order chi connectivity index (χ0) is 24.4. The molecule has 1 atom stereocenters. The smallest absolute Gasteiger partial charge is 0.338 e. The largest absolute Gasteiger partial charge is 0.507 e. The maximum Gasteiger partial charge on any atom is 0.338 e. The van der Waals surface area contributed by atoms with Gasteiger partial charge in [-0.1, -0.05) is 29.5 Å². The Hall–Kier alpha value is -3.17. The van der Waals surface area contributed by atoms with Gasteiger partial charge in [-0.3, -0.25) is 9.36 Å². The minimum atomic E-state index is -0.681. The summed E-state index contributed by atoms with van der Waals surface area (Å²) in [7, 11) is 0. The van der Waals surface area contributed by atoms with Crippen LogP contribution in [0.4, 0.5) is 0 Å². The maximum atomic E-state index is 13.6. The van der Waals surface area contributed by atoms with Crippen LogP contribution in [0.2, 0.25) is 0 Å². The molecule has 0 aliphatic carbocycles. The van der Waals surface area contributed by atoms with Crippen LogP contribution in [-0.4, -0.2) is 28.9 Å². The Morgan fingerprint density at radius 1 is 1.21 bits per heavy atom. The highest BCUT2D eigenvalue weighted by Crippen LogP contribution is 2.31. The first kappa shape index (κ1) is 24.0. The molecule has 7 nitrogen and oxygen atoms in total. The Labute approximate surface area is 208 Å². The molecule has 1 aliphatic rings. The quantitative estimate of drug-likeness (QED) is 0.480. The second kappa shape index (κ2) is 9.99. The number of benzene rings is 2. The zero-order valence-electron chi connectivity index (χ0n) is 18.9. The number of aromatic hydroxyl groups is 1. The van der Waals surface area contributed by atoms with E-state index in [9.17, 15) is 14.7 Å². The number of phenols is 1. The van der Waals surface area contributed by atoms with Crippen LogP contribution < -0.4 is 19.6 Å². The average Bonchev–Trinajstić information content (AvgIpc) is 3.10. The predicted molar refractivity (Wildman–Crippen MR) is 134 cm³/mol. The number of thiazole rings is 1. The summed E-state index contributed by atoms with van der Waals surface area (Å²) in [5.41, 5.74) is 2.07. The fraction of sp³-hybridized carbons (Fsp3) is 0.240. The normalized spacial score (nSPS) is 15.6. The van der Waals surface area contributed by atoms with Gasteiger partial charge in [0.1, 0.15) is 11.5 Å². The molecule has 34 heavy (non-hydrogen) atoms. The number of fused-ring (bicyclic) bond motifs is 1. The lowest BCUT2D eigenvalue weighted by Crippen LogP contribution is -2.39. The van der Waals surface area contributed by atoms with Gasteiger partial charge in [0, 0.05) is 0 Å². The molecule has 1 aromatic heterocycles. The van der Waals surface area contributed by atoms with E-state index in [1.807, 2.05) is 31.2 Å². The molecule has 0 bridgehead atoms. The molecule has 0 amide bonds. The molecule has 2 heterocycles. The van der Waals surface area contributed by atoms with Crippen molar-refractivity contribution < 1.29 is 19.4 Å². The van der Waals surface area contributed by atoms with Gasteiger partial charge in [0.15, 0.2) is 4.80 Å². The van der Waals surface area contributed by atoms with Crippen molar-refractivity contribution in [2.45, 2.75) is 26.8 Å². The van der Waals surface area contributed by atoms with Gasteiger partial charge < -0.3 is 14.6 Å². The lowest BCUT2D eigenvalue weighted by molar-refractivity contribution is -0.139. The van der Waals surface area contributed by atoms with Crippen LogP contribution in [0, 0.1) is 0 Å². The number of ether oxygens (including phenoxy) is 2. The molecule has 0 spiro atoms. The fourth-order valence-corrected chi connectivity index (χ4v) is 5.23. The number of nitrogens with zero attached hydrogens (tertiary/aromatic N) is 2. The lowest BCUT2D eigenvalue weighted by Gasteiger charge is -2.24. The van der Waals surface area contributed by atoms with E-state index in [1.54, 1.807) is 42.7 Å². The van der Waals surface area contributed by atoms with Crippen LogP contribution in [0.1, 0.15) is 37.9 Å². The third kappa shape index (κ3) is 4.58. The first-order chi connectivity index (χ1) is 16.3. The van der Waals surface area contributed by atoms with Crippen molar-refractivity contribution in [1.82, 2.24) is 4.57 Å². The van der Waals surface area contributed by atoms with Crippen molar-refractivity contribution in [3.8, 4) is 11.5 Å². The topological polar surface area (TPSA) is 90.1 Å². The van der Waals surface area contributed by atoms with Gasteiger partial charge in [0.25, 0.3) is 5.56 Å². The first-order valence-electron chi connectivity index (χ1n) is 10.7. The molecule has 1 aliphatic heterocycles. The van der Waals surface area contributed by atoms with Gasteiger partial charge in [0.05, 0.1) is 39.5 Å². The monoisotopic (exact) mass is 542 g/mol. The fourth-order valence-electron chi connectivity index (χ4n) is 3.78. The molecule has 176 valence electrons. The number of rotatable bonds is 6. The molecule has 1 unspecified atom stereocenters. The van der Waals surface area contributed by atoms with Crippen molar-refractivity contribution in [3.63, 3.8) is 0 Å². The standard InChI is InChI=1S/C25H23BrN2O5S/c1-4-32-17-9-7-16(8-10-17)22-21(24(31)33-5-2)14(3)27-25-28(22)23(30)20(34-25)13-15-6-11-19(29)18(26)12-15/h6-13,22,29H,4-5H2,1-3H3/b20-13+. The minimum Gasteiger partial charge on any atom is -0.507 e. The van der Waals surface area contributed by atoms with E-state index in [2.05, 4.69) is 20.9 Å². The van der Waals surface area contributed by atoms with Crippen LogP contribution in [0.5, 0.6) is 11.5 Å². The van der Waals surface area contributed by atoms with Crippen LogP contribution >= 0.6 is 27.3 Å². The Kier molecular flexibility index (Phi) is 7.04. The number of allylic oxidation sites excluding steroid dienone is 1. The Morgan fingerprint density at radius 2 is 1.94 bits per heavy atom. The van der Waals surface area contributed by atoms with Gasteiger partial charge >= 0.3 is 5.97 Å². The van der Waals surface area contributed by atoms with E-state index < -0.39 is 12.0 Å². The third-order valence-electron chi connectivity index (χ3n) is 5.29. The Bertz CT molecular complexity index is 1450. The number of halogens is 1. The molecule has 3 aromatic rings. The van der Waals surface area contributed by atoms with E-state index >= 15 is 0 Å². The summed E-state index contributed by atoms with van der Waals surface area (Å²) in [5.74, 6) is 0.318. The molecular formula is C25H23BrN2O5S. The molecular weight excluding hydrogens is 520 g/mol. The molecule has 4 rings (SSSR count). The number of aromatic nitrogens is 1. The molecule has 0 radical (unpaired) electrons. The van der Waals surface area contributed by atoms with Gasteiger partial charge in [-0.25, -0.2) is 9.79 Å². The second-order valence-corrected chi connectivity index (χ2v) is 9.38. The van der Waals surface area contributed by atoms with Crippen molar-refractivity contribution in [2.24, 2.45) is 4.99 Å². The van der Waals surface area contributed by atoms with Crippen molar-refractivity contribution in [3.05, 3.63) is 89.0 Å². The van der Waals surface area contributed by atoms with Gasteiger partial charge in [-0.05, 0) is 78.2 Å². The first-order valence-corrected chi connectivity index (χ1v) is 12.4. The zero-order valence-corrected chi connectivity index (χ0v) is 21.3. The van der Waals surface area contributed by atoms with E-state index in [4.69, 9.17) is 9.47 Å². The van der Waals surface area contributed by atoms with Crippen LogP contribution in [0.25, 0.3) is 6.08 Å². The molecule has 2 aromatic carbocycles. The highest BCUT2D eigenvalue weighted by Gasteiger charge is 2.33. The van der Waals surface area contributed by atoms with Gasteiger partial charge in [-0.2, -0.15) is 0 Å². The van der Waals surface area contributed by atoms with E-state index in [-0.39, 0.29) is 17.9 Å². The maximum absolute atomic E-state index is 13.6.